The van der Waals surface area contributed by atoms with Gasteiger partial charge in [-0.05, 0) is 24.5 Å². The van der Waals surface area contributed by atoms with Crippen molar-refractivity contribution in [2.75, 3.05) is 24.5 Å². The van der Waals surface area contributed by atoms with Crippen molar-refractivity contribution in [1.82, 2.24) is 4.90 Å². The SMILES string of the molecule is CC1CN(C(=O)C(=O)N2CCCC(O)C2)c2ccccc21. The van der Waals surface area contributed by atoms with E-state index >= 15 is 0 Å². The molecule has 2 amide bonds. The van der Waals surface area contributed by atoms with E-state index in [1.165, 1.54) is 4.90 Å². The Morgan fingerprint density at radius 3 is 2.71 bits per heavy atom. The highest BCUT2D eigenvalue weighted by atomic mass is 16.3. The third-order valence-electron chi connectivity index (χ3n) is 4.33. The summed E-state index contributed by atoms with van der Waals surface area (Å²) in [5, 5.41) is 9.66. The van der Waals surface area contributed by atoms with Crippen molar-refractivity contribution in [1.29, 1.82) is 0 Å². The number of amides is 2. The maximum Gasteiger partial charge on any atom is 0.316 e. The van der Waals surface area contributed by atoms with Crippen molar-refractivity contribution in [2.45, 2.75) is 31.8 Å². The summed E-state index contributed by atoms with van der Waals surface area (Å²) in [6, 6.07) is 7.72. The Morgan fingerprint density at radius 1 is 1.19 bits per heavy atom. The average Bonchev–Trinajstić information content (AvgIpc) is 2.83. The van der Waals surface area contributed by atoms with Crippen LogP contribution < -0.4 is 4.90 Å². The second-order valence-electron chi connectivity index (χ2n) is 5.92. The molecule has 2 aliphatic rings. The zero-order chi connectivity index (χ0) is 15.0. The molecule has 5 heteroatoms. The molecule has 5 nitrogen and oxygen atoms in total. The minimum atomic E-state index is -0.514. The molecular formula is C16H20N2O3. The molecule has 112 valence electrons. The molecule has 21 heavy (non-hydrogen) atoms. The van der Waals surface area contributed by atoms with Crippen molar-refractivity contribution in [3.8, 4) is 0 Å². The number of nitrogens with zero attached hydrogens (tertiary/aromatic N) is 2. The smallest absolute Gasteiger partial charge is 0.316 e. The van der Waals surface area contributed by atoms with E-state index in [1.54, 1.807) is 4.90 Å². The lowest BCUT2D eigenvalue weighted by atomic mass is 10.0. The third kappa shape index (κ3) is 2.53. The lowest BCUT2D eigenvalue weighted by Gasteiger charge is -2.30. The molecule has 1 fully saturated rings. The molecule has 0 aliphatic carbocycles. The molecule has 1 aromatic rings. The Bertz CT molecular complexity index is 572. The Labute approximate surface area is 124 Å². The summed E-state index contributed by atoms with van der Waals surface area (Å²) in [4.78, 5) is 27.9. The number of benzene rings is 1. The molecule has 1 N–H and O–H groups in total. The molecule has 2 aliphatic heterocycles. The van der Waals surface area contributed by atoms with Crippen molar-refractivity contribution in [3.05, 3.63) is 29.8 Å². The molecule has 2 unspecified atom stereocenters. The number of carbonyl (C=O) groups excluding carboxylic acids is 2. The molecule has 1 saturated heterocycles. The summed E-state index contributed by atoms with van der Waals surface area (Å²) in [6.45, 7) is 3.41. The van der Waals surface area contributed by atoms with E-state index in [0.29, 0.717) is 19.5 Å². The normalized spacial score (nSPS) is 24.9. The number of anilines is 1. The van der Waals surface area contributed by atoms with E-state index in [2.05, 4.69) is 6.92 Å². The van der Waals surface area contributed by atoms with Gasteiger partial charge in [0.05, 0.1) is 6.10 Å². The van der Waals surface area contributed by atoms with Crippen molar-refractivity contribution >= 4 is 17.5 Å². The second kappa shape index (κ2) is 5.48. The summed E-state index contributed by atoms with van der Waals surface area (Å²) in [5.74, 6) is -0.747. The van der Waals surface area contributed by atoms with Crippen LogP contribution in [0, 0.1) is 0 Å². The highest BCUT2D eigenvalue weighted by Crippen LogP contribution is 2.35. The van der Waals surface area contributed by atoms with Crippen molar-refractivity contribution < 1.29 is 14.7 Å². The Morgan fingerprint density at radius 2 is 1.95 bits per heavy atom. The first-order chi connectivity index (χ1) is 10.1. The van der Waals surface area contributed by atoms with E-state index in [1.807, 2.05) is 24.3 Å². The molecule has 3 rings (SSSR count). The van der Waals surface area contributed by atoms with Gasteiger partial charge in [0.2, 0.25) is 0 Å². The van der Waals surface area contributed by atoms with Crippen LogP contribution in [0.15, 0.2) is 24.3 Å². The number of hydrogen-bond donors (Lipinski definition) is 1. The van der Waals surface area contributed by atoms with Crippen LogP contribution in [0.1, 0.15) is 31.2 Å². The molecule has 0 spiro atoms. The van der Waals surface area contributed by atoms with Crippen LogP contribution >= 0.6 is 0 Å². The van der Waals surface area contributed by atoms with Gasteiger partial charge in [0.15, 0.2) is 0 Å². The zero-order valence-corrected chi connectivity index (χ0v) is 12.2. The fourth-order valence-corrected chi connectivity index (χ4v) is 3.20. The predicted molar refractivity (Wildman–Crippen MR) is 79.0 cm³/mol. The van der Waals surface area contributed by atoms with Gasteiger partial charge in [0.25, 0.3) is 0 Å². The summed E-state index contributed by atoms with van der Waals surface area (Å²) in [5.41, 5.74) is 1.94. The number of hydrogen-bond acceptors (Lipinski definition) is 3. The summed E-state index contributed by atoms with van der Waals surface area (Å²) < 4.78 is 0. The molecule has 1 aromatic carbocycles. The van der Waals surface area contributed by atoms with Crippen LogP contribution in [0.3, 0.4) is 0 Å². The van der Waals surface area contributed by atoms with Crippen LogP contribution in [0.4, 0.5) is 5.69 Å². The molecular weight excluding hydrogens is 268 g/mol. The summed E-state index contributed by atoms with van der Waals surface area (Å²) in [6.07, 6.45) is 0.926. The maximum atomic E-state index is 12.5. The number of piperidine rings is 1. The molecule has 0 aromatic heterocycles. The number of rotatable bonds is 0. The highest BCUT2D eigenvalue weighted by Gasteiger charge is 2.36. The van der Waals surface area contributed by atoms with Gasteiger partial charge in [-0.3, -0.25) is 9.59 Å². The van der Waals surface area contributed by atoms with Crippen molar-refractivity contribution in [3.63, 3.8) is 0 Å². The lowest BCUT2D eigenvalue weighted by molar-refractivity contribution is -0.146. The topological polar surface area (TPSA) is 60.9 Å². The minimum Gasteiger partial charge on any atom is -0.391 e. The molecule has 2 atom stereocenters. The largest absolute Gasteiger partial charge is 0.391 e. The van der Waals surface area contributed by atoms with Gasteiger partial charge < -0.3 is 14.9 Å². The number of fused-ring (bicyclic) bond motifs is 1. The Balaban J connectivity index is 1.78. The molecule has 0 saturated carbocycles. The minimum absolute atomic E-state index is 0.241. The molecule has 2 heterocycles. The molecule has 0 bridgehead atoms. The number of aliphatic hydroxyl groups excluding tert-OH is 1. The number of para-hydroxylation sites is 1. The predicted octanol–water partition coefficient (Wildman–Crippen LogP) is 1.12. The van der Waals surface area contributed by atoms with Crippen molar-refractivity contribution in [2.24, 2.45) is 0 Å². The van der Waals surface area contributed by atoms with Gasteiger partial charge in [-0.25, -0.2) is 0 Å². The Hall–Kier alpha value is -1.88. The van der Waals surface area contributed by atoms with E-state index in [0.717, 1.165) is 17.7 Å². The van der Waals surface area contributed by atoms with Crippen LogP contribution in [0.5, 0.6) is 0 Å². The number of carbonyl (C=O) groups is 2. The standard InChI is InChI=1S/C16H20N2O3/c1-11-9-18(14-7-3-2-6-13(11)14)16(21)15(20)17-8-4-5-12(19)10-17/h2-3,6-7,11-12,19H,4-5,8-10H2,1H3. The first kappa shape index (κ1) is 14.1. The van der Waals surface area contributed by atoms with Gasteiger partial charge in [-0.1, -0.05) is 25.1 Å². The fraction of sp³-hybridized carbons (Fsp3) is 0.500. The van der Waals surface area contributed by atoms with Gasteiger partial charge in [0, 0.05) is 31.2 Å². The lowest BCUT2D eigenvalue weighted by Crippen LogP contribution is -2.49. The van der Waals surface area contributed by atoms with Crippen LogP contribution in [-0.4, -0.2) is 47.6 Å². The number of likely N-dealkylation sites (tertiary alicyclic amines) is 1. The van der Waals surface area contributed by atoms with Gasteiger partial charge >= 0.3 is 11.8 Å². The fourth-order valence-electron chi connectivity index (χ4n) is 3.20. The molecule has 0 radical (unpaired) electrons. The van der Waals surface area contributed by atoms with Crippen LogP contribution in [0.2, 0.25) is 0 Å². The van der Waals surface area contributed by atoms with Crippen LogP contribution in [0.25, 0.3) is 0 Å². The quantitative estimate of drug-likeness (QED) is 0.728. The highest BCUT2D eigenvalue weighted by molar-refractivity contribution is 6.40. The van der Waals surface area contributed by atoms with Gasteiger partial charge in [0.1, 0.15) is 0 Å². The average molecular weight is 288 g/mol. The van der Waals surface area contributed by atoms with E-state index < -0.39 is 17.9 Å². The zero-order valence-electron chi connectivity index (χ0n) is 12.2. The third-order valence-corrected chi connectivity index (χ3v) is 4.33. The Kier molecular flexibility index (Phi) is 3.68. The van der Waals surface area contributed by atoms with Gasteiger partial charge in [-0.2, -0.15) is 0 Å². The van der Waals surface area contributed by atoms with E-state index in [-0.39, 0.29) is 12.5 Å². The first-order valence-corrected chi connectivity index (χ1v) is 7.45. The van der Waals surface area contributed by atoms with E-state index in [9.17, 15) is 14.7 Å². The summed E-state index contributed by atoms with van der Waals surface area (Å²) >= 11 is 0. The monoisotopic (exact) mass is 288 g/mol. The van der Waals surface area contributed by atoms with Crippen LogP contribution in [-0.2, 0) is 9.59 Å². The summed E-state index contributed by atoms with van der Waals surface area (Å²) in [7, 11) is 0. The first-order valence-electron chi connectivity index (χ1n) is 7.45. The maximum absolute atomic E-state index is 12.5. The second-order valence-corrected chi connectivity index (χ2v) is 5.92. The van der Waals surface area contributed by atoms with E-state index in [4.69, 9.17) is 0 Å². The van der Waals surface area contributed by atoms with Gasteiger partial charge in [-0.15, -0.1) is 0 Å². The number of β-amino-alcohol motifs (C(OH)–C–C–N with tert-alkyl or cyclic N) is 1. The number of aliphatic hydroxyl groups is 1.